The van der Waals surface area contributed by atoms with E-state index in [0.29, 0.717) is 6.04 Å². The van der Waals surface area contributed by atoms with Crippen molar-refractivity contribution in [2.24, 2.45) is 0 Å². The molecule has 0 bridgehead atoms. The van der Waals surface area contributed by atoms with Crippen LogP contribution in [0.15, 0.2) is 48.8 Å². The van der Waals surface area contributed by atoms with Crippen LogP contribution in [0.4, 0.5) is 0 Å². The minimum Gasteiger partial charge on any atom is -0.306 e. The summed E-state index contributed by atoms with van der Waals surface area (Å²) < 4.78 is 0. The predicted molar refractivity (Wildman–Crippen MR) is 70.7 cm³/mol. The lowest BCUT2D eigenvalue weighted by molar-refractivity contribution is 0.574. The first-order valence-corrected chi connectivity index (χ1v) is 5.94. The van der Waals surface area contributed by atoms with Gasteiger partial charge in [0.2, 0.25) is 0 Å². The molecule has 0 saturated heterocycles. The van der Waals surface area contributed by atoms with E-state index in [0.717, 1.165) is 6.54 Å². The monoisotopic (exact) mass is 226 g/mol. The highest BCUT2D eigenvalue weighted by Crippen LogP contribution is 2.11. The molecular weight excluding hydrogens is 208 g/mol. The van der Waals surface area contributed by atoms with Gasteiger partial charge in [-0.15, -0.1) is 0 Å². The van der Waals surface area contributed by atoms with Gasteiger partial charge >= 0.3 is 0 Å². The number of nitrogens with one attached hydrogen (secondary N) is 1. The second-order valence-electron chi connectivity index (χ2n) is 4.37. The van der Waals surface area contributed by atoms with E-state index in [1.54, 1.807) is 0 Å². The fourth-order valence-corrected chi connectivity index (χ4v) is 1.75. The fraction of sp³-hybridized carbons (Fsp3) is 0.267. The van der Waals surface area contributed by atoms with Crippen molar-refractivity contribution in [3.05, 3.63) is 65.5 Å². The number of benzene rings is 1. The van der Waals surface area contributed by atoms with Gasteiger partial charge in [-0.1, -0.05) is 29.8 Å². The highest BCUT2D eigenvalue weighted by molar-refractivity contribution is 5.21. The largest absolute Gasteiger partial charge is 0.306 e. The Bertz CT molecular complexity index is 448. The smallest absolute Gasteiger partial charge is 0.0296 e. The van der Waals surface area contributed by atoms with Crippen molar-refractivity contribution in [1.29, 1.82) is 0 Å². The van der Waals surface area contributed by atoms with Crippen LogP contribution in [-0.2, 0) is 6.54 Å². The molecule has 17 heavy (non-hydrogen) atoms. The molecule has 2 aromatic rings. The van der Waals surface area contributed by atoms with Crippen molar-refractivity contribution in [3.8, 4) is 0 Å². The Morgan fingerprint density at radius 1 is 1.06 bits per heavy atom. The number of aromatic nitrogens is 1. The van der Waals surface area contributed by atoms with E-state index < -0.39 is 0 Å². The molecule has 2 heteroatoms. The number of nitrogens with zero attached hydrogens (tertiary/aromatic N) is 1. The minimum atomic E-state index is 0.347. The Morgan fingerprint density at radius 3 is 2.35 bits per heavy atom. The van der Waals surface area contributed by atoms with E-state index >= 15 is 0 Å². The van der Waals surface area contributed by atoms with Gasteiger partial charge in [0.25, 0.3) is 0 Å². The lowest BCUT2D eigenvalue weighted by atomic mass is 10.1. The van der Waals surface area contributed by atoms with Crippen LogP contribution in [0.1, 0.15) is 29.7 Å². The van der Waals surface area contributed by atoms with Crippen LogP contribution in [0.25, 0.3) is 0 Å². The molecule has 2 nitrogen and oxygen atoms in total. The Balaban J connectivity index is 1.92. The molecule has 1 heterocycles. The predicted octanol–water partition coefficient (Wildman–Crippen LogP) is 3.24. The molecule has 0 amide bonds. The summed E-state index contributed by atoms with van der Waals surface area (Å²) in [7, 11) is 0. The van der Waals surface area contributed by atoms with Crippen LogP contribution in [0.2, 0.25) is 0 Å². The van der Waals surface area contributed by atoms with Crippen molar-refractivity contribution in [2.75, 3.05) is 0 Å². The maximum atomic E-state index is 4.03. The normalized spacial score (nSPS) is 12.4. The SMILES string of the molecule is Cc1ccc(CN[C@@H](C)c2ccncc2)cc1. The van der Waals surface area contributed by atoms with Crippen molar-refractivity contribution in [1.82, 2.24) is 10.3 Å². The summed E-state index contributed by atoms with van der Waals surface area (Å²) in [5.74, 6) is 0. The molecule has 0 spiro atoms. The molecule has 0 fully saturated rings. The first-order chi connectivity index (χ1) is 8.25. The Morgan fingerprint density at radius 2 is 1.71 bits per heavy atom. The summed E-state index contributed by atoms with van der Waals surface area (Å²) in [5.41, 5.74) is 3.89. The molecule has 0 aliphatic carbocycles. The third-order valence-corrected chi connectivity index (χ3v) is 2.94. The van der Waals surface area contributed by atoms with E-state index in [1.807, 2.05) is 24.5 Å². The summed E-state index contributed by atoms with van der Waals surface area (Å²) >= 11 is 0. The molecule has 88 valence electrons. The molecule has 0 unspecified atom stereocenters. The topological polar surface area (TPSA) is 24.9 Å². The van der Waals surface area contributed by atoms with Crippen molar-refractivity contribution in [3.63, 3.8) is 0 Å². The average molecular weight is 226 g/mol. The molecule has 1 N–H and O–H groups in total. The third-order valence-electron chi connectivity index (χ3n) is 2.94. The van der Waals surface area contributed by atoms with Crippen LogP contribution < -0.4 is 5.32 Å². The van der Waals surface area contributed by atoms with Gasteiger partial charge in [0.15, 0.2) is 0 Å². The van der Waals surface area contributed by atoms with E-state index in [9.17, 15) is 0 Å². The molecule has 0 aliphatic rings. The number of rotatable bonds is 4. The standard InChI is InChI=1S/C15H18N2/c1-12-3-5-14(6-4-12)11-17-13(2)15-7-9-16-10-8-15/h3-10,13,17H,11H2,1-2H3/t13-/m0/s1. The zero-order chi connectivity index (χ0) is 12.1. The van der Waals surface area contributed by atoms with Gasteiger partial charge in [-0.25, -0.2) is 0 Å². The van der Waals surface area contributed by atoms with Gasteiger partial charge in [-0.05, 0) is 37.1 Å². The molecular formula is C15H18N2. The van der Waals surface area contributed by atoms with E-state index in [4.69, 9.17) is 0 Å². The van der Waals surface area contributed by atoms with Crippen LogP contribution in [-0.4, -0.2) is 4.98 Å². The second-order valence-corrected chi connectivity index (χ2v) is 4.37. The first kappa shape index (κ1) is 11.8. The van der Waals surface area contributed by atoms with E-state index in [-0.39, 0.29) is 0 Å². The number of hydrogen-bond donors (Lipinski definition) is 1. The van der Waals surface area contributed by atoms with Gasteiger partial charge in [0.05, 0.1) is 0 Å². The Kier molecular flexibility index (Phi) is 3.89. The molecule has 1 aromatic heterocycles. The lowest BCUT2D eigenvalue weighted by Gasteiger charge is -2.14. The van der Waals surface area contributed by atoms with Crippen molar-refractivity contribution < 1.29 is 0 Å². The number of pyridine rings is 1. The zero-order valence-corrected chi connectivity index (χ0v) is 10.4. The Hall–Kier alpha value is -1.67. The maximum absolute atomic E-state index is 4.03. The van der Waals surface area contributed by atoms with Crippen molar-refractivity contribution >= 4 is 0 Å². The molecule has 1 atom stereocenters. The van der Waals surface area contributed by atoms with Gasteiger partial charge in [0.1, 0.15) is 0 Å². The summed E-state index contributed by atoms with van der Waals surface area (Å²) in [6.45, 7) is 5.17. The third kappa shape index (κ3) is 3.40. The van der Waals surface area contributed by atoms with Crippen LogP contribution in [0.3, 0.4) is 0 Å². The zero-order valence-electron chi connectivity index (χ0n) is 10.4. The quantitative estimate of drug-likeness (QED) is 0.865. The molecule has 0 aliphatic heterocycles. The molecule has 1 aromatic carbocycles. The number of aryl methyl sites for hydroxylation is 1. The number of hydrogen-bond acceptors (Lipinski definition) is 2. The summed E-state index contributed by atoms with van der Waals surface area (Å²) in [4.78, 5) is 4.03. The van der Waals surface area contributed by atoms with E-state index in [1.165, 1.54) is 16.7 Å². The second kappa shape index (κ2) is 5.60. The first-order valence-electron chi connectivity index (χ1n) is 5.94. The molecule has 0 radical (unpaired) electrons. The molecule has 0 saturated carbocycles. The maximum Gasteiger partial charge on any atom is 0.0296 e. The lowest BCUT2D eigenvalue weighted by Crippen LogP contribution is -2.17. The average Bonchev–Trinajstić information content (AvgIpc) is 2.39. The summed E-state index contributed by atoms with van der Waals surface area (Å²) in [6.07, 6.45) is 3.67. The van der Waals surface area contributed by atoms with Crippen LogP contribution in [0.5, 0.6) is 0 Å². The van der Waals surface area contributed by atoms with Crippen LogP contribution >= 0.6 is 0 Å². The van der Waals surface area contributed by atoms with Gasteiger partial charge in [-0.2, -0.15) is 0 Å². The minimum absolute atomic E-state index is 0.347. The highest BCUT2D eigenvalue weighted by atomic mass is 14.9. The van der Waals surface area contributed by atoms with Gasteiger partial charge in [-0.3, -0.25) is 4.98 Å². The summed E-state index contributed by atoms with van der Waals surface area (Å²) in [5, 5.41) is 3.51. The Labute approximate surface area is 103 Å². The van der Waals surface area contributed by atoms with Gasteiger partial charge < -0.3 is 5.32 Å². The van der Waals surface area contributed by atoms with Gasteiger partial charge in [0, 0.05) is 25.0 Å². The molecule has 2 rings (SSSR count). The van der Waals surface area contributed by atoms with Crippen molar-refractivity contribution in [2.45, 2.75) is 26.4 Å². The summed E-state index contributed by atoms with van der Waals surface area (Å²) in [6, 6.07) is 13.1. The van der Waals surface area contributed by atoms with Crippen LogP contribution in [0, 0.1) is 6.92 Å². The van der Waals surface area contributed by atoms with E-state index in [2.05, 4.69) is 48.4 Å². The highest BCUT2D eigenvalue weighted by Gasteiger charge is 2.03. The fourth-order valence-electron chi connectivity index (χ4n) is 1.75.